The maximum atomic E-state index is 5.55. The van der Waals surface area contributed by atoms with Crippen molar-refractivity contribution >= 4 is 15.9 Å². The fraction of sp³-hybridized carbons (Fsp3) is 0.600. The van der Waals surface area contributed by atoms with Crippen LogP contribution in [0.2, 0.25) is 0 Å². The summed E-state index contributed by atoms with van der Waals surface area (Å²) in [6.07, 6.45) is 2.46. The van der Waals surface area contributed by atoms with Crippen LogP contribution in [-0.4, -0.2) is 33.4 Å². The van der Waals surface area contributed by atoms with Crippen molar-refractivity contribution in [2.24, 2.45) is 5.92 Å². The molecule has 2 fully saturated rings. The van der Waals surface area contributed by atoms with Gasteiger partial charge in [0.05, 0.1) is 20.3 Å². The summed E-state index contributed by atoms with van der Waals surface area (Å²) in [5, 5.41) is 3.45. The molecule has 104 valence electrons. The lowest BCUT2D eigenvalue weighted by atomic mass is 9.71. The number of halogens is 1. The van der Waals surface area contributed by atoms with Crippen molar-refractivity contribution in [1.82, 2.24) is 5.32 Å². The lowest BCUT2D eigenvalue weighted by molar-refractivity contribution is -0.0714. The van der Waals surface area contributed by atoms with E-state index in [9.17, 15) is 0 Å². The van der Waals surface area contributed by atoms with E-state index in [2.05, 4.69) is 27.3 Å². The molecule has 2 heterocycles. The fourth-order valence-corrected chi connectivity index (χ4v) is 3.63. The minimum Gasteiger partial charge on any atom is -0.496 e. The number of ether oxygens (including phenoxy) is 2. The quantitative estimate of drug-likeness (QED) is 0.923. The van der Waals surface area contributed by atoms with Crippen LogP contribution < -0.4 is 10.1 Å². The van der Waals surface area contributed by atoms with Crippen LogP contribution in [0.5, 0.6) is 5.75 Å². The molecule has 0 aromatic heterocycles. The molecule has 3 rings (SSSR count). The Balaban J connectivity index is 1.90. The highest BCUT2D eigenvalue weighted by Gasteiger charge is 2.44. The van der Waals surface area contributed by atoms with Gasteiger partial charge in [0.25, 0.3) is 0 Å². The molecule has 1 unspecified atom stereocenters. The zero-order valence-corrected chi connectivity index (χ0v) is 12.8. The SMILES string of the molecule is COc1ccc(Br)cc1C1(CC2CCNC2)COC1. The summed E-state index contributed by atoms with van der Waals surface area (Å²) in [6, 6.07) is 6.28. The molecule has 0 saturated carbocycles. The van der Waals surface area contributed by atoms with Gasteiger partial charge in [-0.15, -0.1) is 0 Å². The van der Waals surface area contributed by atoms with Gasteiger partial charge in [-0.1, -0.05) is 15.9 Å². The average Bonchev–Trinajstić information content (AvgIpc) is 2.86. The summed E-state index contributed by atoms with van der Waals surface area (Å²) in [5.74, 6) is 1.74. The van der Waals surface area contributed by atoms with Crippen LogP contribution in [0.4, 0.5) is 0 Å². The summed E-state index contributed by atoms with van der Waals surface area (Å²) >= 11 is 3.58. The third kappa shape index (κ3) is 2.54. The monoisotopic (exact) mass is 325 g/mol. The van der Waals surface area contributed by atoms with E-state index in [-0.39, 0.29) is 5.41 Å². The summed E-state index contributed by atoms with van der Waals surface area (Å²) in [4.78, 5) is 0. The number of methoxy groups -OCH3 is 1. The molecule has 1 aromatic carbocycles. The van der Waals surface area contributed by atoms with E-state index in [0.717, 1.165) is 42.4 Å². The first kappa shape index (κ1) is 13.4. The van der Waals surface area contributed by atoms with Gasteiger partial charge in [-0.3, -0.25) is 0 Å². The molecule has 2 aliphatic heterocycles. The minimum absolute atomic E-state index is 0.145. The minimum atomic E-state index is 0.145. The number of hydrogen-bond acceptors (Lipinski definition) is 3. The molecular weight excluding hydrogens is 306 g/mol. The van der Waals surface area contributed by atoms with E-state index in [1.165, 1.54) is 18.4 Å². The summed E-state index contributed by atoms with van der Waals surface area (Å²) in [7, 11) is 1.75. The van der Waals surface area contributed by atoms with Crippen LogP contribution in [-0.2, 0) is 10.2 Å². The second kappa shape index (κ2) is 5.43. The Morgan fingerprint density at radius 2 is 2.32 bits per heavy atom. The Bertz CT molecular complexity index is 453. The third-order valence-electron chi connectivity index (χ3n) is 4.33. The number of nitrogens with one attached hydrogen (secondary N) is 1. The molecule has 1 N–H and O–H groups in total. The summed E-state index contributed by atoms with van der Waals surface area (Å²) in [5.41, 5.74) is 1.44. The molecule has 2 saturated heterocycles. The predicted octanol–water partition coefficient (Wildman–Crippen LogP) is 2.73. The number of benzene rings is 1. The molecule has 0 bridgehead atoms. The largest absolute Gasteiger partial charge is 0.496 e. The zero-order chi connectivity index (χ0) is 13.3. The standard InChI is InChI=1S/C15H20BrNO2/c1-18-14-3-2-12(16)6-13(14)15(9-19-10-15)7-11-4-5-17-8-11/h2-3,6,11,17H,4-5,7-10H2,1H3. The van der Waals surface area contributed by atoms with E-state index >= 15 is 0 Å². The van der Waals surface area contributed by atoms with Crippen LogP contribution >= 0.6 is 15.9 Å². The van der Waals surface area contributed by atoms with E-state index < -0.39 is 0 Å². The fourth-order valence-electron chi connectivity index (χ4n) is 3.27. The van der Waals surface area contributed by atoms with Gasteiger partial charge in [0.2, 0.25) is 0 Å². The summed E-state index contributed by atoms with van der Waals surface area (Å²) in [6.45, 7) is 3.92. The third-order valence-corrected chi connectivity index (χ3v) is 4.82. The molecule has 19 heavy (non-hydrogen) atoms. The van der Waals surface area contributed by atoms with Crippen LogP contribution in [0.25, 0.3) is 0 Å². The van der Waals surface area contributed by atoms with Gasteiger partial charge in [-0.05, 0) is 50.0 Å². The molecule has 4 heteroatoms. The normalized spacial score (nSPS) is 25.1. The lowest BCUT2D eigenvalue weighted by Gasteiger charge is -2.44. The Morgan fingerprint density at radius 3 is 2.89 bits per heavy atom. The molecule has 1 aromatic rings. The van der Waals surface area contributed by atoms with E-state index in [1.807, 2.05) is 12.1 Å². The summed E-state index contributed by atoms with van der Waals surface area (Å²) < 4.78 is 12.2. The molecule has 0 radical (unpaired) electrons. The topological polar surface area (TPSA) is 30.5 Å². The molecular formula is C15H20BrNO2. The van der Waals surface area contributed by atoms with Crippen molar-refractivity contribution in [1.29, 1.82) is 0 Å². The van der Waals surface area contributed by atoms with Crippen molar-refractivity contribution in [3.63, 3.8) is 0 Å². The van der Waals surface area contributed by atoms with Crippen LogP contribution in [0.3, 0.4) is 0 Å². The second-order valence-corrected chi connectivity index (χ2v) is 6.60. The van der Waals surface area contributed by atoms with Gasteiger partial charge < -0.3 is 14.8 Å². The molecule has 0 spiro atoms. The predicted molar refractivity (Wildman–Crippen MR) is 78.8 cm³/mol. The first-order chi connectivity index (χ1) is 9.23. The smallest absolute Gasteiger partial charge is 0.122 e. The molecule has 2 aliphatic rings. The van der Waals surface area contributed by atoms with Gasteiger partial charge in [0.1, 0.15) is 5.75 Å². The Hall–Kier alpha value is -0.580. The van der Waals surface area contributed by atoms with Crippen LogP contribution in [0, 0.1) is 5.92 Å². The van der Waals surface area contributed by atoms with Crippen LogP contribution in [0.15, 0.2) is 22.7 Å². The molecule has 0 amide bonds. The van der Waals surface area contributed by atoms with Crippen molar-refractivity contribution in [2.75, 3.05) is 33.4 Å². The number of hydrogen-bond donors (Lipinski definition) is 1. The van der Waals surface area contributed by atoms with Crippen LogP contribution in [0.1, 0.15) is 18.4 Å². The van der Waals surface area contributed by atoms with Gasteiger partial charge in [-0.2, -0.15) is 0 Å². The highest BCUT2D eigenvalue weighted by molar-refractivity contribution is 9.10. The average molecular weight is 326 g/mol. The molecule has 3 nitrogen and oxygen atoms in total. The van der Waals surface area contributed by atoms with Gasteiger partial charge in [-0.25, -0.2) is 0 Å². The Morgan fingerprint density at radius 1 is 1.47 bits per heavy atom. The Labute approximate surface area is 122 Å². The second-order valence-electron chi connectivity index (χ2n) is 5.68. The van der Waals surface area contributed by atoms with Gasteiger partial charge in [0, 0.05) is 15.5 Å². The highest BCUT2D eigenvalue weighted by atomic mass is 79.9. The van der Waals surface area contributed by atoms with E-state index in [0.29, 0.717) is 0 Å². The zero-order valence-electron chi connectivity index (χ0n) is 11.2. The number of rotatable bonds is 4. The van der Waals surface area contributed by atoms with Crippen molar-refractivity contribution in [3.05, 3.63) is 28.2 Å². The lowest BCUT2D eigenvalue weighted by Crippen LogP contribution is -2.48. The van der Waals surface area contributed by atoms with Gasteiger partial charge >= 0.3 is 0 Å². The van der Waals surface area contributed by atoms with Crippen molar-refractivity contribution in [3.8, 4) is 5.75 Å². The van der Waals surface area contributed by atoms with Gasteiger partial charge in [0.15, 0.2) is 0 Å². The van der Waals surface area contributed by atoms with Crippen molar-refractivity contribution < 1.29 is 9.47 Å². The van der Waals surface area contributed by atoms with E-state index in [4.69, 9.17) is 9.47 Å². The first-order valence-electron chi connectivity index (χ1n) is 6.86. The Kier molecular flexibility index (Phi) is 3.83. The molecule has 1 atom stereocenters. The maximum Gasteiger partial charge on any atom is 0.122 e. The molecule has 0 aliphatic carbocycles. The maximum absolute atomic E-state index is 5.55. The first-order valence-corrected chi connectivity index (χ1v) is 7.65. The van der Waals surface area contributed by atoms with E-state index in [1.54, 1.807) is 7.11 Å². The van der Waals surface area contributed by atoms with Crippen molar-refractivity contribution in [2.45, 2.75) is 18.3 Å². The highest BCUT2D eigenvalue weighted by Crippen LogP contribution is 2.44.